The van der Waals surface area contributed by atoms with Crippen molar-refractivity contribution in [3.63, 3.8) is 0 Å². The van der Waals surface area contributed by atoms with E-state index in [-0.39, 0.29) is 11.6 Å². The van der Waals surface area contributed by atoms with Crippen molar-refractivity contribution in [3.8, 4) is 11.5 Å². The predicted octanol–water partition coefficient (Wildman–Crippen LogP) is 6.03. The average molecular weight is 499 g/mol. The standard InChI is InChI=1S/C24H17BrClNO4/c1-29-21-13-16(11-18(25)22(21)30-14-15-7-3-2-4-8-15)12-20-24(28)31-23(27-20)17-9-5-6-10-19(17)26/h2-13H,14H2,1H3/b20-12-. The van der Waals surface area contributed by atoms with E-state index in [1.165, 1.54) is 0 Å². The number of carbonyl (C=O) groups is 1. The molecule has 0 saturated carbocycles. The summed E-state index contributed by atoms with van der Waals surface area (Å²) in [4.78, 5) is 16.6. The van der Waals surface area contributed by atoms with Crippen LogP contribution in [0.5, 0.6) is 11.5 Å². The molecule has 0 aromatic heterocycles. The molecule has 1 aliphatic heterocycles. The number of hydrogen-bond acceptors (Lipinski definition) is 5. The van der Waals surface area contributed by atoms with Gasteiger partial charge in [-0.15, -0.1) is 0 Å². The third-order valence-electron chi connectivity index (χ3n) is 4.51. The lowest BCUT2D eigenvalue weighted by atomic mass is 10.1. The summed E-state index contributed by atoms with van der Waals surface area (Å²) in [6.07, 6.45) is 1.63. The van der Waals surface area contributed by atoms with Gasteiger partial charge in [0.05, 0.1) is 22.2 Å². The second kappa shape index (κ2) is 9.37. The first-order chi connectivity index (χ1) is 15.0. The predicted molar refractivity (Wildman–Crippen MR) is 124 cm³/mol. The van der Waals surface area contributed by atoms with Crippen molar-refractivity contribution in [1.82, 2.24) is 0 Å². The van der Waals surface area contributed by atoms with Gasteiger partial charge in [-0.25, -0.2) is 9.79 Å². The summed E-state index contributed by atoms with van der Waals surface area (Å²) in [7, 11) is 1.56. The van der Waals surface area contributed by atoms with Crippen LogP contribution in [0, 0.1) is 0 Å². The largest absolute Gasteiger partial charge is 0.493 e. The zero-order valence-electron chi connectivity index (χ0n) is 16.5. The van der Waals surface area contributed by atoms with E-state index in [4.69, 9.17) is 25.8 Å². The summed E-state index contributed by atoms with van der Waals surface area (Å²) in [6, 6.07) is 20.5. The molecule has 0 unspecified atom stereocenters. The Labute approximate surface area is 193 Å². The highest BCUT2D eigenvalue weighted by Crippen LogP contribution is 2.38. The fraction of sp³-hybridized carbons (Fsp3) is 0.0833. The Morgan fingerprint density at radius 2 is 1.84 bits per heavy atom. The first-order valence-corrected chi connectivity index (χ1v) is 10.5. The zero-order valence-corrected chi connectivity index (χ0v) is 18.8. The highest BCUT2D eigenvalue weighted by Gasteiger charge is 2.25. The van der Waals surface area contributed by atoms with E-state index in [2.05, 4.69) is 20.9 Å². The molecular formula is C24H17BrClNO4. The van der Waals surface area contributed by atoms with Crippen molar-refractivity contribution in [1.29, 1.82) is 0 Å². The maximum Gasteiger partial charge on any atom is 0.363 e. The van der Waals surface area contributed by atoms with Crippen molar-refractivity contribution in [3.05, 3.63) is 98.6 Å². The molecule has 0 N–H and O–H groups in total. The van der Waals surface area contributed by atoms with Gasteiger partial charge in [0.15, 0.2) is 17.2 Å². The quantitative estimate of drug-likeness (QED) is 0.307. The van der Waals surface area contributed by atoms with Gasteiger partial charge in [0, 0.05) is 0 Å². The third kappa shape index (κ3) is 4.81. The number of rotatable bonds is 6. The molecule has 0 amide bonds. The molecule has 4 rings (SSSR count). The maximum atomic E-state index is 12.3. The van der Waals surface area contributed by atoms with Gasteiger partial charge in [-0.2, -0.15) is 0 Å². The normalized spacial score (nSPS) is 14.4. The highest BCUT2D eigenvalue weighted by atomic mass is 79.9. The molecule has 0 spiro atoms. The van der Waals surface area contributed by atoms with Crippen molar-refractivity contribution in [2.24, 2.45) is 4.99 Å². The molecule has 3 aromatic rings. The number of aliphatic imine (C=N–C) groups is 1. The van der Waals surface area contributed by atoms with Crippen molar-refractivity contribution in [2.45, 2.75) is 6.61 Å². The lowest BCUT2D eigenvalue weighted by Gasteiger charge is -2.13. The number of nitrogens with zero attached hydrogens (tertiary/aromatic N) is 1. The summed E-state index contributed by atoms with van der Waals surface area (Å²) in [5.41, 5.74) is 2.47. The molecule has 156 valence electrons. The first-order valence-electron chi connectivity index (χ1n) is 9.37. The number of ether oxygens (including phenoxy) is 3. The molecule has 7 heteroatoms. The van der Waals surface area contributed by atoms with Gasteiger partial charge in [-0.3, -0.25) is 0 Å². The lowest BCUT2D eigenvalue weighted by Crippen LogP contribution is -2.05. The van der Waals surface area contributed by atoms with Gasteiger partial charge in [-0.1, -0.05) is 54.1 Å². The average Bonchev–Trinajstić information content (AvgIpc) is 3.13. The molecular weight excluding hydrogens is 482 g/mol. The van der Waals surface area contributed by atoms with E-state index < -0.39 is 5.97 Å². The highest BCUT2D eigenvalue weighted by molar-refractivity contribution is 9.10. The SMILES string of the molecule is COc1cc(/C=C2\N=C(c3ccccc3Cl)OC2=O)cc(Br)c1OCc1ccccc1. The van der Waals surface area contributed by atoms with E-state index in [0.29, 0.717) is 38.7 Å². The van der Waals surface area contributed by atoms with Gasteiger partial charge in [0.1, 0.15) is 6.61 Å². The smallest absolute Gasteiger partial charge is 0.363 e. The third-order valence-corrected chi connectivity index (χ3v) is 5.42. The summed E-state index contributed by atoms with van der Waals surface area (Å²) < 4.78 is 17.4. The van der Waals surface area contributed by atoms with Crippen LogP contribution in [-0.4, -0.2) is 19.0 Å². The van der Waals surface area contributed by atoms with E-state index in [9.17, 15) is 4.79 Å². The maximum absolute atomic E-state index is 12.3. The Hall–Kier alpha value is -3.09. The minimum atomic E-state index is -0.547. The number of carbonyl (C=O) groups excluding carboxylic acids is 1. The van der Waals surface area contributed by atoms with Crippen molar-refractivity contribution < 1.29 is 19.0 Å². The van der Waals surface area contributed by atoms with Crippen LogP contribution in [0.3, 0.4) is 0 Å². The summed E-state index contributed by atoms with van der Waals surface area (Å²) in [5, 5.41) is 0.458. The number of benzene rings is 3. The number of methoxy groups -OCH3 is 1. The molecule has 0 radical (unpaired) electrons. The molecule has 3 aromatic carbocycles. The van der Waals surface area contributed by atoms with E-state index in [1.807, 2.05) is 36.4 Å². The van der Waals surface area contributed by atoms with Crippen molar-refractivity contribution >= 4 is 45.5 Å². The molecule has 1 heterocycles. The zero-order chi connectivity index (χ0) is 21.8. The lowest BCUT2D eigenvalue weighted by molar-refractivity contribution is -0.129. The second-order valence-corrected chi connectivity index (χ2v) is 7.89. The van der Waals surface area contributed by atoms with Crippen LogP contribution in [0.4, 0.5) is 0 Å². The van der Waals surface area contributed by atoms with Crippen LogP contribution in [0.2, 0.25) is 5.02 Å². The Morgan fingerprint density at radius 1 is 1.10 bits per heavy atom. The van der Waals surface area contributed by atoms with Crippen LogP contribution >= 0.6 is 27.5 Å². The molecule has 0 aliphatic carbocycles. The van der Waals surface area contributed by atoms with Gasteiger partial charge in [-0.05, 0) is 57.4 Å². The van der Waals surface area contributed by atoms with Gasteiger partial charge < -0.3 is 14.2 Å². The summed E-state index contributed by atoms with van der Waals surface area (Å²) in [5.74, 6) is 0.728. The summed E-state index contributed by atoms with van der Waals surface area (Å²) >= 11 is 9.71. The summed E-state index contributed by atoms with van der Waals surface area (Å²) in [6.45, 7) is 0.397. The number of halogens is 2. The number of hydrogen-bond donors (Lipinski definition) is 0. The Morgan fingerprint density at radius 3 is 2.58 bits per heavy atom. The molecule has 0 bridgehead atoms. The molecule has 5 nitrogen and oxygen atoms in total. The van der Waals surface area contributed by atoms with E-state index in [1.54, 1.807) is 43.5 Å². The van der Waals surface area contributed by atoms with Gasteiger partial charge >= 0.3 is 5.97 Å². The molecule has 0 fully saturated rings. The second-order valence-electron chi connectivity index (χ2n) is 6.62. The number of cyclic esters (lactones) is 1. The van der Waals surface area contributed by atoms with Crippen molar-refractivity contribution in [2.75, 3.05) is 7.11 Å². The fourth-order valence-electron chi connectivity index (χ4n) is 3.01. The molecule has 31 heavy (non-hydrogen) atoms. The van der Waals surface area contributed by atoms with Crippen LogP contribution in [-0.2, 0) is 16.1 Å². The molecule has 1 aliphatic rings. The molecule has 0 atom stereocenters. The topological polar surface area (TPSA) is 57.1 Å². The van der Waals surface area contributed by atoms with Gasteiger partial charge in [0.2, 0.25) is 5.90 Å². The Balaban J connectivity index is 1.61. The van der Waals surface area contributed by atoms with E-state index >= 15 is 0 Å². The van der Waals surface area contributed by atoms with Gasteiger partial charge in [0.25, 0.3) is 0 Å². The van der Waals surface area contributed by atoms with Crippen LogP contribution < -0.4 is 9.47 Å². The monoisotopic (exact) mass is 497 g/mol. The number of esters is 1. The van der Waals surface area contributed by atoms with Crippen LogP contribution in [0.1, 0.15) is 16.7 Å². The van der Waals surface area contributed by atoms with Crippen LogP contribution in [0.25, 0.3) is 6.08 Å². The van der Waals surface area contributed by atoms with E-state index in [0.717, 1.165) is 5.56 Å². The Kier molecular flexibility index (Phi) is 6.39. The first kappa shape index (κ1) is 21.2. The fourth-order valence-corrected chi connectivity index (χ4v) is 3.80. The molecule has 0 saturated heterocycles. The minimum absolute atomic E-state index is 0.168. The Bertz CT molecular complexity index is 1190. The van der Waals surface area contributed by atoms with Crippen LogP contribution in [0.15, 0.2) is 81.9 Å². The minimum Gasteiger partial charge on any atom is -0.493 e.